The normalized spacial score (nSPS) is 11.2. The number of guanidine groups is 1. The van der Waals surface area contributed by atoms with Crippen molar-refractivity contribution in [3.8, 4) is 0 Å². The summed E-state index contributed by atoms with van der Waals surface area (Å²) in [6.45, 7) is 3.90. The summed E-state index contributed by atoms with van der Waals surface area (Å²) in [5.41, 5.74) is 1.36. The van der Waals surface area contributed by atoms with E-state index in [0.717, 1.165) is 45.0 Å². The number of thiophene rings is 1. The molecule has 1 aromatic carbocycles. The number of nitrogens with one attached hydrogen (secondary N) is 2. The summed E-state index contributed by atoms with van der Waals surface area (Å²) in [7, 11) is 3.99. The van der Waals surface area contributed by atoms with Crippen LogP contribution in [0.1, 0.15) is 16.9 Å². The third-order valence-corrected chi connectivity index (χ3v) is 4.71. The lowest BCUT2D eigenvalue weighted by molar-refractivity contribution is 0.322. The van der Waals surface area contributed by atoms with Gasteiger partial charge in [0.15, 0.2) is 5.96 Å². The summed E-state index contributed by atoms with van der Waals surface area (Å²) in [5.74, 6) is 0.886. The lowest BCUT2D eigenvalue weighted by Gasteiger charge is -2.17. The van der Waals surface area contributed by atoms with Crippen molar-refractivity contribution >= 4 is 41.3 Å². The molecule has 1 heterocycles. The molecule has 2 rings (SSSR count). The van der Waals surface area contributed by atoms with Gasteiger partial charge in [0, 0.05) is 31.6 Å². The number of benzene rings is 1. The third-order valence-electron chi connectivity index (χ3n) is 3.77. The number of aliphatic imine (C=N–C) groups is 1. The number of hydrogen-bond acceptors (Lipinski definition) is 3. The highest BCUT2D eigenvalue weighted by atomic mass is 127. The fourth-order valence-corrected chi connectivity index (χ4v) is 3.22. The van der Waals surface area contributed by atoms with Gasteiger partial charge >= 0.3 is 0 Å². The Morgan fingerprint density at radius 2 is 1.84 bits per heavy atom. The molecule has 2 N–H and O–H groups in total. The summed E-state index contributed by atoms with van der Waals surface area (Å²) in [6, 6.07) is 14.9. The fourth-order valence-electron chi connectivity index (χ4n) is 2.51. The molecule has 0 amide bonds. The van der Waals surface area contributed by atoms with Crippen LogP contribution in [0.15, 0.2) is 52.8 Å². The van der Waals surface area contributed by atoms with Gasteiger partial charge in [-0.2, -0.15) is 0 Å². The van der Waals surface area contributed by atoms with Crippen molar-refractivity contribution in [1.29, 1.82) is 0 Å². The molecular formula is C19H29IN4S. The SMILES string of the molecule is CN=C(NCCCN(C)Cc1ccccc1)NCCc1cccs1.I. The van der Waals surface area contributed by atoms with Crippen LogP contribution >= 0.6 is 35.3 Å². The van der Waals surface area contributed by atoms with E-state index in [-0.39, 0.29) is 24.0 Å². The molecular weight excluding hydrogens is 443 g/mol. The number of halogens is 1. The minimum atomic E-state index is 0. The van der Waals surface area contributed by atoms with Gasteiger partial charge < -0.3 is 15.5 Å². The predicted molar refractivity (Wildman–Crippen MR) is 120 cm³/mol. The van der Waals surface area contributed by atoms with E-state index in [0.29, 0.717) is 0 Å². The molecule has 0 saturated carbocycles. The zero-order chi connectivity index (χ0) is 17.0. The van der Waals surface area contributed by atoms with Crippen molar-refractivity contribution in [3.63, 3.8) is 0 Å². The van der Waals surface area contributed by atoms with Gasteiger partial charge in [-0.1, -0.05) is 36.4 Å². The zero-order valence-corrected chi connectivity index (χ0v) is 18.2. The predicted octanol–water partition coefficient (Wildman–Crippen LogP) is 3.60. The van der Waals surface area contributed by atoms with Crippen LogP contribution in [-0.4, -0.2) is 44.6 Å². The molecule has 0 aliphatic heterocycles. The number of nitrogens with zero attached hydrogens (tertiary/aromatic N) is 2. The monoisotopic (exact) mass is 472 g/mol. The first-order valence-corrected chi connectivity index (χ1v) is 9.35. The van der Waals surface area contributed by atoms with Crippen LogP contribution in [0, 0.1) is 0 Å². The maximum Gasteiger partial charge on any atom is 0.190 e. The Morgan fingerprint density at radius 3 is 2.52 bits per heavy atom. The lowest BCUT2D eigenvalue weighted by atomic mass is 10.2. The van der Waals surface area contributed by atoms with Crippen LogP contribution in [0.25, 0.3) is 0 Å². The van der Waals surface area contributed by atoms with Gasteiger partial charge in [-0.3, -0.25) is 4.99 Å². The Bertz CT molecular complexity index is 587. The fraction of sp³-hybridized carbons (Fsp3) is 0.421. The van der Waals surface area contributed by atoms with Gasteiger partial charge in [-0.05, 0) is 43.4 Å². The third kappa shape index (κ3) is 9.23. The van der Waals surface area contributed by atoms with Gasteiger partial charge in [-0.15, -0.1) is 35.3 Å². The molecule has 0 unspecified atom stereocenters. The molecule has 6 heteroatoms. The van der Waals surface area contributed by atoms with Crippen molar-refractivity contribution in [1.82, 2.24) is 15.5 Å². The van der Waals surface area contributed by atoms with E-state index in [4.69, 9.17) is 0 Å². The minimum Gasteiger partial charge on any atom is -0.356 e. The molecule has 0 aliphatic carbocycles. The van der Waals surface area contributed by atoms with Crippen LogP contribution in [0.3, 0.4) is 0 Å². The van der Waals surface area contributed by atoms with Crippen molar-refractivity contribution in [2.45, 2.75) is 19.4 Å². The molecule has 0 atom stereocenters. The average Bonchev–Trinajstić information content (AvgIpc) is 3.11. The summed E-state index contributed by atoms with van der Waals surface area (Å²) in [6.07, 6.45) is 2.13. The van der Waals surface area contributed by atoms with E-state index in [1.807, 2.05) is 7.05 Å². The molecule has 0 fully saturated rings. The summed E-state index contributed by atoms with van der Waals surface area (Å²) in [4.78, 5) is 8.03. The highest BCUT2D eigenvalue weighted by molar-refractivity contribution is 14.0. The largest absolute Gasteiger partial charge is 0.356 e. The van der Waals surface area contributed by atoms with Crippen LogP contribution < -0.4 is 10.6 Å². The second-order valence-corrected chi connectivity index (χ2v) is 6.86. The van der Waals surface area contributed by atoms with Gasteiger partial charge in [0.05, 0.1) is 0 Å². The van der Waals surface area contributed by atoms with E-state index in [1.165, 1.54) is 10.4 Å². The van der Waals surface area contributed by atoms with Crippen molar-refractivity contribution in [3.05, 3.63) is 58.3 Å². The summed E-state index contributed by atoms with van der Waals surface area (Å²) in [5, 5.41) is 8.87. The smallest absolute Gasteiger partial charge is 0.190 e. The maximum atomic E-state index is 4.28. The Labute approximate surface area is 172 Å². The Hall–Kier alpha value is -1.12. The highest BCUT2D eigenvalue weighted by Crippen LogP contribution is 2.08. The van der Waals surface area contributed by atoms with E-state index >= 15 is 0 Å². The second kappa shape index (κ2) is 13.1. The Morgan fingerprint density at radius 1 is 1.08 bits per heavy atom. The van der Waals surface area contributed by atoms with Crippen LogP contribution in [0.4, 0.5) is 0 Å². The van der Waals surface area contributed by atoms with E-state index in [1.54, 1.807) is 11.3 Å². The first-order valence-electron chi connectivity index (χ1n) is 8.47. The Balaban J connectivity index is 0.00000312. The first-order chi connectivity index (χ1) is 11.8. The quantitative estimate of drug-likeness (QED) is 0.254. The summed E-state index contributed by atoms with van der Waals surface area (Å²) >= 11 is 1.80. The van der Waals surface area contributed by atoms with Gasteiger partial charge in [0.1, 0.15) is 0 Å². The zero-order valence-electron chi connectivity index (χ0n) is 15.1. The van der Waals surface area contributed by atoms with Gasteiger partial charge in [0.25, 0.3) is 0 Å². The molecule has 0 aliphatic rings. The first kappa shape index (κ1) is 21.9. The molecule has 0 radical (unpaired) electrons. The number of rotatable bonds is 9. The molecule has 0 saturated heterocycles. The van der Waals surface area contributed by atoms with Crippen LogP contribution in [0.2, 0.25) is 0 Å². The van der Waals surface area contributed by atoms with Gasteiger partial charge in [0.2, 0.25) is 0 Å². The molecule has 4 nitrogen and oxygen atoms in total. The minimum absolute atomic E-state index is 0. The lowest BCUT2D eigenvalue weighted by Crippen LogP contribution is -2.39. The molecule has 0 spiro atoms. The molecule has 1 aromatic heterocycles. The standard InChI is InChI=1S/C19H28N4S.HI/c1-20-19(22-13-11-18-10-6-15-24-18)21-12-7-14-23(2)16-17-8-4-3-5-9-17;/h3-6,8-10,15H,7,11-14,16H2,1-2H3,(H2,20,21,22);1H. The maximum absolute atomic E-state index is 4.28. The van der Waals surface area contributed by atoms with Crippen LogP contribution in [-0.2, 0) is 13.0 Å². The Kier molecular flexibility index (Phi) is 11.5. The van der Waals surface area contributed by atoms with Crippen molar-refractivity contribution in [2.75, 3.05) is 33.7 Å². The molecule has 0 bridgehead atoms. The number of hydrogen-bond donors (Lipinski definition) is 2. The van der Waals surface area contributed by atoms with Crippen molar-refractivity contribution < 1.29 is 0 Å². The molecule has 138 valence electrons. The summed E-state index contributed by atoms with van der Waals surface area (Å²) < 4.78 is 0. The van der Waals surface area contributed by atoms with Crippen molar-refractivity contribution in [2.24, 2.45) is 4.99 Å². The molecule has 2 aromatic rings. The highest BCUT2D eigenvalue weighted by Gasteiger charge is 2.01. The average molecular weight is 472 g/mol. The van der Waals surface area contributed by atoms with Crippen LogP contribution in [0.5, 0.6) is 0 Å². The van der Waals surface area contributed by atoms with Gasteiger partial charge in [-0.25, -0.2) is 0 Å². The topological polar surface area (TPSA) is 39.7 Å². The molecule has 25 heavy (non-hydrogen) atoms. The van der Waals surface area contributed by atoms with E-state index in [2.05, 4.69) is 75.4 Å². The van der Waals surface area contributed by atoms with E-state index in [9.17, 15) is 0 Å². The second-order valence-electron chi connectivity index (χ2n) is 5.83. The van der Waals surface area contributed by atoms with E-state index < -0.39 is 0 Å².